The van der Waals surface area contributed by atoms with Crippen LogP contribution in [0.1, 0.15) is 6.92 Å². The van der Waals surface area contributed by atoms with E-state index in [1.54, 1.807) is 0 Å². The van der Waals surface area contributed by atoms with E-state index in [2.05, 4.69) is 42.5 Å². The van der Waals surface area contributed by atoms with Crippen molar-refractivity contribution in [2.45, 2.75) is 11.8 Å². The van der Waals surface area contributed by atoms with Gasteiger partial charge in [-0.3, -0.25) is 9.59 Å². The number of thioether (sulfide) groups is 1. The molecule has 2 N–H and O–H groups in total. The largest absolute Gasteiger partial charge is 0.326 e. The second-order valence-electron chi connectivity index (χ2n) is 4.67. The lowest BCUT2D eigenvalue weighted by molar-refractivity contribution is -0.114. The molecule has 0 atom stereocenters. The lowest BCUT2D eigenvalue weighted by Gasteiger charge is -2.08. The first-order valence-corrected chi connectivity index (χ1v) is 9.26. The summed E-state index contributed by atoms with van der Waals surface area (Å²) in [6.07, 6.45) is 0. The van der Waals surface area contributed by atoms with Crippen LogP contribution in [0.3, 0.4) is 0 Å². The first kappa shape index (κ1) is 18.0. The van der Waals surface area contributed by atoms with Crippen LogP contribution >= 0.6 is 43.6 Å². The first-order valence-electron chi connectivity index (χ1n) is 6.69. The fraction of sp³-hybridized carbons (Fsp3) is 0.125. The van der Waals surface area contributed by atoms with E-state index in [4.69, 9.17) is 0 Å². The van der Waals surface area contributed by atoms with E-state index >= 15 is 0 Å². The number of rotatable bonds is 5. The maximum absolute atomic E-state index is 12.0. The number of carbonyl (C=O) groups excluding carboxylic acids is 2. The van der Waals surface area contributed by atoms with Crippen molar-refractivity contribution in [1.82, 2.24) is 0 Å². The van der Waals surface area contributed by atoms with Crippen LogP contribution in [-0.2, 0) is 9.59 Å². The molecule has 0 saturated carbocycles. The van der Waals surface area contributed by atoms with Gasteiger partial charge in [0.05, 0.1) is 11.4 Å². The zero-order chi connectivity index (χ0) is 16.8. The van der Waals surface area contributed by atoms with Crippen LogP contribution in [-0.4, -0.2) is 17.6 Å². The molecular weight excluding hydrogens is 444 g/mol. The van der Waals surface area contributed by atoms with Crippen LogP contribution in [0.4, 0.5) is 11.4 Å². The average Bonchev–Trinajstić information content (AvgIpc) is 2.49. The standard InChI is InChI=1S/C16H14Br2N2O2S/c1-10(21)19-12-3-5-13(6-4-12)23-9-16(22)20-15-7-2-11(17)8-14(15)18/h2-8H,9H2,1H3,(H,19,21)(H,20,22). The lowest BCUT2D eigenvalue weighted by atomic mass is 10.3. The number of hydrogen-bond donors (Lipinski definition) is 2. The van der Waals surface area contributed by atoms with Gasteiger partial charge in [0.1, 0.15) is 0 Å². The van der Waals surface area contributed by atoms with Crippen LogP contribution in [0.5, 0.6) is 0 Å². The molecule has 2 rings (SSSR count). The summed E-state index contributed by atoms with van der Waals surface area (Å²) in [6.45, 7) is 1.47. The highest BCUT2D eigenvalue weighted by atomic mass is 79.9. The summed E-state index contributed by atoms with van der Waals surface area (Å²) in [5.41, 5.74) is 1.48. The van der Waals surface area contributed by atoms with Gasteiger partial charge in [0, 0.05) is 26.5 Å². The summed E-state index contributed by atoms with van der Waals surface area (Å²) in [5, 5.41) is 5.56. The molecule has 0 saturated heterocycles. The van der Waals surface area contributed by atoms with Crippen LogP contribution < -0.4 is 10.6 Å². The van der Waals surface area contributed by atoms with Gasteiger partial charge in [-0.15, -0.1) is 11.8 Å². The summed E-state index contributed by atoms with van der Waals surface area (Å²) in [7, 11) is 0. The Morgan fingerprint density at radius 2 is 1.74 bits per heavy atom. The van der Waals surface area contributed by atoms with Crippen molar-refractivity contribution in [3.8, 4) is 0 Å². The lowest BCUT2D eigenvalue weighted by Crippen LogP contribution is -2.14. The molecular formula is C16H14Br2N2O2S. The molecule has 0 radical (unpaired) electrons. The zero-order valence-electron chi connectivity index (χ0n) is 12.2. The second kappa shape index (κ2) is 8.52. The maximum atomic E-state index is 12.0. The Kier molecular flexibility index (Phi) is 6.68. The molecule has 7 heteroatoms. The molecule has 0 heterocycles. The van der Waals surface area contributed by atoms with Crippen LogP contribution in [0.25, 0.3) is 0 Å². The summed E-state index contributed by atoms with van der Waals surface area (Å²) in [6, 6.07) is 13.0. The van der Waals surface area contributed by atoms with Crippen molar-refractivity contribution < 1.29 is 9.59 Å². The van der Waals surface area contributed by atoms with Gasteiger partial charge in [-0.25, -0.2) is 0 Å². The van der Waals surface area contributed by atoms with Gasteiger partial charge in [0.25, 0.3) is 0 Å². The summed E-state index contributed by atoms with van der Waals surface area (Å²) < 4.78 is 1.76. The fourth-order valence-electron chi connectivity index (χ4n) is 1.76. The SMILES string of the molecule is CC(=O)Nc1ccc(SCC(=O)Nc2ccc(Br)cc2Br)cc1. The molecule has 0 spiro atoms. The van der Waals surface area contributed by atoms with Gasteiger partial charge < -0.3 is 10.6 Å². The Bertz CT molecular complexity index is 721. The van der Waals surface area contributed by atoms with Crippen molar-refractivity contribution >= 4 is 66.8 Å². The Labute approximate surface area is 155 Å². The smallest absolute Gasteiger partial charge is 0.234 e. The average molecular weight is 458 g/mol. The van der Waals surface area contributed by atoms with Gasteiger partial charge >= 0.3 is 0 Å². The third-order valence-electron chi connectivity index (χ3n) is 2.75. The molecule has 120 valence electrons. The number of nitrogens with one attached hydrogen (secondary N) is 2. The predicted octanol–water partition coefficient (Wildman–Crippen LogP) is 4.90. The van der Waals surface area contributed by atoms with Crippen molar-refractivity contribution in [1.29, 1.82) is 0 Å². The predicted molar refractivity (Wildman–Crippen MR) is 102 cm³/mol. The zero-order valence-corrected chi connectivity index (χ0v) is 16.2. The number of anilines is 2. The van der Waals surface area contributed by atoms with Crippen molar-refractivity contribution in [3.05, 3.63) is 51.4 Å². The number of hydrogen-bond acceptors (Lipinski definition) is 3. The molecule has 2 amide bonds. The van der Waals surface area contributed by atoms with Gasteiger partial charge in [-0.05, 0) is 58.4 Å². The highest BCUT2D eigenvalue weighted by molar-refractivity contribution is 9.11. The summed E-state index contributed by atoms with van der Waals surface area (Å²) in [4.78, 5) is 23.9. The van der Waals surface area contributed by atoms with E-state index in [0.29, 0.717) is 5.75 Å². The van der Waals surface area contributed by atoms with Gasteiger partial charge in [0.15, 0.2) is 0 Å². The third kappa shape index (κ3) is 6.01. The summed E-state index contributed by atoms with van der Waals surface area (Å²) in [5.74, 6) is 0.121. The minimum atomic E-state index is -0.107. The van der Waals surface area contributed by atoms with Gasteiger partial charge in [-0.2, -0.15) is 0 Å². The van der Waals surface area contributed by atoms with E-state index in [1.165, 1.54) is 18.7 Å². The minimum Gasteiger partial charge on any atom is -0.326 e. The molecule has 0 aromatic heterocycles. The van der Waals surface area contributed by atoms with Crippen molar-refractivity contribution in [2.75, 3.05) is 16.4 Å². The van der Waals surface area contributed by atoms with E-state index < -0.39 is 0 Å². The van der Waals surface area contributed by atoms with Crippen LogP contribution in [0.15, 0.2) is 56.3 Å². The third-order valence-corrected chi connectivity index (χ3v) is 4.91. The number of carbonyl (C=O) groups is 2. The molecule has 2 aromatic rings. The van der Waals surface area contributed by atoms with Crippen molar-refractivity contribution in [2.24, 2.45) is 0 Å². The van der Waals surface area contributed by atoms with E-state index in [-0.39, 0.29) is 11.8 Å². The Morgan fingerprint density at radius 3 is 2.35 bits per heavy atom. The molecule has 4 nitrogen and oxygen atoms in total. The molecule has 23 heavy (non-hydrogen) atoms. The molecule has 0 aliphatic heterocycles. The first-order chi connectivity index (χ1) is 10.9. The summed E-state index contributed by atoms with van der Waals surface area (Å²) >= 11 is 8.22. The fourth-order valence-corrected chi connectivity index (χ4v) is 3.61. The number of amides is 2. The van der Waals surface area contributed by atoms with Gasteiger partial charge in [0.2, 0.25) is 11.8 Å². The Morgan fingerprint density at radius 1 is 1.04 bits per heavy atom. The molecule has 0 aliphatic carbocycles. The van der Waals surface area contributed by atoms with Crippen LogP contribution in [0.2, 0.25) is 0 Å². The quantitative estimate of drug-likeness (QED) is 0.627. The normalized spacial score (nSPS) is 10.2. The molecule has 0 unspecified atom stereocenters. The van der Waals surface area contributed by atoms with Crippen molar-refractivity contribution in [3.63, 3.8) is 0 Å². The number of benzene rings is 2. The second-order valence-corrected chi connectivity index (χ2v) is 7.49. The van der Waals surface area contributed by atoms with E-state index in [1.807, 2.05) is 42.5 Å². The molecule has 0 aliphatic rings. The highest BCUT2D eigenvalue weighted by Crippen LogP contribution is 2.27. The molecule has 2 aromatic carbocycles. The van der Waals surface area contributed by atoms with Crippen LogP contribution in [0, 0.1) is 0 Å². The Hall–Kier alpha value is -1.31. The van der Waals surface area contributed by atoms with E-state index in [0.717, 1.165) is 25.2 Å². The van der Waals surface area contributed by atoms with E-state index in [9.17, 15) is 9.59 Å². The Balaban J connectivity index is 1.87. The molecule has 0 fully saturated rings. The minimum absolute atomic E-state index is 0.0797. The topological polar surface area (TPSA) is 58.2 Å². The number of halogens is 2. The molecule has 0 bridgehead atoms. The monoisotopic (exact) mass is 456 g/mol. The highest BCUT2D eigenvalue weighted by Gasteiger charge is 2.07. The maximum Gasteiger partial charge on any atom is 0.234 e. The van der Waals surface area contributed by atoms with Gasteiger partial charge in [-0.1, -0.05) is 15.9 Å².